The lowest BCUT2D eigenvalue weighted by atomic mass is 9.93. The van der Waals surface area contributed by atoms with Crippen LogP contribution in [0.2, 0.25) is 0 Å². The third kappa shape index (κ3) is 3.49. The Hall–Kier alpha value is -1.59. The molecular formula is C14H25N3O3. The zero-order valence-electron chi connectivity index (χ0n) is 12.8. The molecule has 1 heterocycles. The van der Waals surface area contributed by atoms with Crippen molar-refractivity contribution in [3.05, 3.63) is 0 Å². The van der Waals surface area contributed by atoms with Gasteiger partial charge in [-0.15, -0.1) is 0 Å². The highest BCUT2D eigenvalue weighted by Gasteiger charge is 2.49. The van der Waals surface area contributed by atoms with Crippen LogP contribution in [-0.2, 0) is 9.59 Å². The average molecular weight is 283 g/mol. The summed E-state index contributed by atoms with van der Waals surface area (Å²) in [6.45, 7) is 8.21. The largest absolute Gasteiger partial charge is 0.355 e. The summed E-state index contributed by atoms with van der Waals surface area (Å²) >= 11 is 0. The van der Waals surface area contributed by atoms with E-state index in [0.717, 1.165) is 11.3 Å². The van der Waals surface area contributed by atoms with Crippen LogP contribution in [0.3, 0.4) is 0 Å². The Bertz CT molecular complexity index is 389. The number of amides is 4. The maximum atomic E-state index is 12.3. The Morgan fingerprint density at radius 2 is 1.90 bits per heavy atom. The Labute approximate surface area is 120 Å². The quantitative estimate of drug-likeness (QED) is 0.690. The summed E-state index contributed by atoms with van der Waals surface area (Å²) in [7, 11) is 0. The van der Waals surface area contributed by atoms with E-state index in [9.17, 15) is 14.4 Å². The van der Waals surface area contributed by atoms with E-state index in [1.165, 1.54) is 0 Å². The van der Waals surface area contributed by atoms with Crippen molar-refractivity contribution >= 4 is 17.8 Å². The minimum absolute atomic E-state index is 0.204. The van der Waals surface area contributed by atoms with Crippen molar-refractivity contribution in [1.29, 1.82) is 0 Å². The molecule has 0 spiro atoms. The van der Waals surface area contributed by atoms with Gasteiger partial charge in [0.15, 0.2) is 0 Å². The van der Waals surface area contributed by atoms with Crippen molar-refractivity contribution in [3.8, 4) is 0 Å². The molecule has 0 radical (unpaired) electrons. The summed E-state index contributed by atoms with van der Waals surface area (Å²) in [5.41, 5.74) is -0.838. The number of nitrogens with one attached hydrogen (secondary N) is 2. The number of imide groups is 1. The predicted octanol–water partition coefficient (Wildman–Crippen LogP) is 1.26. The lowest BCUT2D eigenvalue weighted by Gasteiger charge is -2.23. The monoisotopic (exact) mass is 283 g/mol. The van der Waals surface area contributed by atoms with Gasteiger partial charge >= 0.3 is 6.03 Å². The number of rotatable bonds is 7. The van der Waals surface area contributed by atoms with Gasteiger partial charge in [-0.05, 0) is 25.2 Å². The summed E-state index contributed by atoms with van der Waals surface area (Å²) < 4.78 is 0. The van der Waals surface area contributed by atoms with Crippen molar-refractivity contribution in [1.82, 2.24) is 15.5 Å². The normalized spacial score (nSPS) is 17.6. The van der Waals surface area contributed by atoms with Crippen LogP contribution in [0.1, 0.15) is 47.0 Å². The second kappa shape index (κ2) is 6.72. The van der Waals surface area contributed by atoms with Gasteiger partial charge in [0.1, 0.15) is 12.1 Å². The zero-order chi connectivity index (χ0) is 15.3. The van der Waals surface area contributed by atoms with Crippen LogP contribution < -0.4 is 10.6 Å². The number of hydrogen-bond donors (Lipinski definition) is 2. The van der Waals surface area contributed by atoms with Crippen LogP contribution in [-0.4, -0.2) is 41.4 Å². The van der Waals surface area contributed by atoms with E-state index in [4.69, 9.17) is 0 Å². The molecule has 6 nitrogen and oxygen atoms in total. The van der Waals surface area contributed by atoms with E-state index in [-0.39, 0.29) is 18.4 Å². The predicted molar refractivity (Wildman–Crippen MR) is 76.0 cm³/mol. The molecule has 0 aliphatic carbocycles. The molecule has 2 N–H and O–H groups in total. The van der Waals surface area contributed by atoms with Crippen LogP contribution >= 0.6 is 0 Å². The fourth-order valence-electron chi connectivity index (χ4n) is 2.25. The molecule has 1 rings (SSSR count). The molecule has 0 aromatic rings. The number of hydrogen-bond acceptors (Lipinski definition) is 3. The molecule has 1 aliphatic rings. The first-order chi connectivity index (χ1) is 9.36. The van der Waals surface area contributed by atoms with Crippen LogP contribution in [0.4, 0.5) is 4.79 Å². The van der Waals surface area contributed by atoms with Crippen molar-refractivity contribution in [2.45, 2.75) is 52.5 Å². The molecule has 0 saturated carbocycles. The summed E-state index contributed by atoms with van der Waals surface area (Å²) in [5, 5.41) is 5.44. The van der Waals surface area contributed by atoms with Crippen LogP contribution in [0.5, 0.6) is 0 Å². The molecule has 0 aromatic carbocycles. The molecule has 1 aliphatic heterocycles. The molecule has 4 amide bonds. The van der Waals surface area contributed by atoms with Gasteiger partial charge in [0.25, 0.3) is 5.91 Å². The Morgan fingerprint density at radius 3 is 2.35 bits per heavy atom. The van der Waals surface area contributed by atoms with Gasteiger partial charge in [-0.3, -0.25) is 14.5 Å². The number of carbonyl (C=O) groups excluding carboxylic acids is 3. The van der Waals surface area contributed by atoms with E-state index in [2.05, 4.69) is 24.5 Å². The highest BCUT2D eigenvalue weighted by molar-refractivity contribution is 6.08. The molecule has 0 bridgehead atoms. The lowest BCUT2D eigenvalue weighted by Crippen LogP contribution is -2.46. The molecule has 6 heteroatoms. The molecule has 0 aromatic heterocycles. The van der Waals surface area contributed by atoms with Gasteiger partial charge < -0.3 is 10.6 Å². The number of nitrogens with zero attached hydrogens (tertiary/aromatic N) is 1. The van der Waals surface area contributed by atoms with Crippen molar-refractivity contribution in [2.75, 3.05) is 13.1 Å². The Morgan fingerprint density at radius 1 is 1.30 bits per heavy atom. The smallest absolute Gasteiger partial charge is 0.325 e. The molecule has 1 fully saturated rings. The first-order valence-corrected chi connectivity index (χ1v) is 7.27. The SMILES string of the molecule is CCC1(CC)NC(=O)N(CC(=O)NCCC(C)C)C1=O. The number of urea groups is 1. The van der Waals surface area contributed by atoms with Gasteiger partial charge in [0, 0.05) is 6.54 Å². The average Bonchev–Trinajstić information content (AvgIpc) is 2.63. The Kier molecular flexibility index (Phi) is 5.53. The third-order valence-electron chi connectivity index (χ3n) is 3.80. The van der Waals surface area contributed by atoms with E-state index in [0.29, 0.717) is 25.3 Å². The minimum Gasteiger partial charge on any atom is -0.355 e. The topological polar surface area (TPSA) is 78.5 Å². The van der Waals surface area contributed by atoms with Crippen LogP contribution in [0.15, 0.2) is 0 Å². The molecule has 1 saturated heterocycles. The van der Waals surface area contributed by atoms with Crippen molar-refractivity contribution in [2.24, 2.45) is 5.92 Å². The molecule has 114 valence electrons. The third-order valence-corrected chi connectivity index (χ3v) is 3.80. The minimum atomic E-state index is -0.838. The fourth-order valence-corrected chi connectivity index (χ4v) is 2.25. The summed E-state index contributed by atoms with van der Waals surface area (Å²) in [6, 6.07) is -0.474. The number of carbonyl (C=O) groups is 3. The first-order valence-electron chi connectivity index (χ1n) is 7.27. The summed E-state index contributed by atoms with van der Waals surface area (Å²) in [6.07, 6.45) is 1.93. The van der Waals surface area contributed by atoms with Crippen LogP contribution in [0, 0.1) is 5.92 Å². The summed E-state index contributed by atoms with van der Waals surface area (Å²) in [5.74, 6) is -0.0940. The van der Waals surface area contributed by atoms with E-state index >= 15 is 0 Å². The van der Waals surface area contributed by atoms with Gasteiger partial charge in [0.2, 0.25) is 5.91 Å². The fraction of sp³-hybridized carbons (Fsp3) is 0.786. The highest BCUT2D eigenvalue weighted by atomic mass is 16.2. The first kappa shape index (κ1) is 16.5. The zero-order valence-corrected chi connectivity index (χ0v) is 12.8. The van der Waals surface area contributed by atoms with E-state index < -0.39 is 11.6 Å². The van der Waals surface area contributed by atoms with E-state index in [1.54, 1.807) is 0 Å². The second-order valence-electron chi connectivity index (χ2n) is 5.64. The molecule has 0 unspecified atom stereocenters. The van der Waals surface area contributed by atoms with E-state index in [1.807, 2.05) is 13.8 Å². The van der Waals surface area contributed by atoms with Gasteiger partial charge in [-0.25, -0.2) is 4.79 Å². The molecule has 0 atom stereocenters. The molecule has 20 heavy (non-hydrogen) atoms. The summed E-state index contributed by atoms with van der Waals surface area (Å²) in [4.78, 5) is 36.9. The van der Waals surface area contributed by atoms with Gasteiger partial charge in [-0.2, -0.15) is 0 Å². The lowest BCUT2D eigenvalue weighted by molar-refractivity contribution is -0.135. The molecular weight excluding hydrogens is 258 g/mol. The van der Waals surface area contributed by atoms with Gasteiger partial charge in [-0.1, -0.05) is 27.7 Å². The maximum absolute atomic E-state index is 12.3. The standard InChI is InChI=1S/C14H25N3O3/c1-5-14(6-2)12(19)17(13(20)16-14)9-11(18)15-8-7-10(3)4/h10H,5-9H2,1-4H3,(H,15,18)(H,16,20). The van der Waals surface area contributed by atoms with Crippen LogP contribution in [0.25, 0.3) is 0 Å². The van der Waals surface area contributed by atoms with Crippen molar-refractivity contribution < 1.29 is 14.4 Å². The van der Waals surface area contributed by atoms with Crippen molar-refractivity contribution in [3.63, 3.8) is 0 Å². The maximum Gasteiger partial charge on any atom is 0.325 e. The highest BCUT2D eigenvalue weighted by Crippen LogP contribution is 2.24. The second-order valence-corrected chi connectivity index (χ2v) is 5.64. The Balaban J connectivity index is 2.58. The van der Waals surface area contributed by atoms with Gasteiger partial charge in [0.05, 0.1) is 0 Å².